The number of rotatable bonds is 4. The number of esters is 1. The van der Waals surface area contributed by atoms with Crippen LogP contribution in [0.1, 0.15) is 13.8 Å². The Morgan fingerprint density at radius 3 is 2.42 bits per heavy atom. The van der Waals surface area contributed by atoms with Gasteiger partial charge in [0.05, 0.1) is 0 Å². The van der Waals surface area contributed by atoms with Gasteiger partial charge in [0, 0.05) is 21.0 Å². The van der Waals surface area contributed by atoms with Gasteiger partial charge in [-0.3, -0.25) is 9.59 Å². The van der Waals surface area contributed by atoms with E-state index in [4.69, 9.17) is 14.2 Å². The van der Waals surface area contributed by atoms with Gasteiger partial charge >= 0.3 is 5.97 Å². The van der Waals surface area contributed by atoms with Crippen LogP contribution in [-0.4, -0.2) is 56.4 Å². The highest BCUT2D eigenvalue weighted by Gasteiger charge is 2.49. The van der Waals surface area contributed by atoms with Crippen LogP contribution in [-0.2, 0) is 23.8 Å². The van der Waals surface area contributed by atoms with E-state index in [0.717, 1.165) is 6.92 Å². The van der Waals surface area contributed by atoms with E-state index in [9.17, 15) is 18.4 Å². The van der Waals surface area contributed by atoms with Gasteiger partial charge in [-0.2, -0.15) is 0 Å². The first-order valence-corrected chi connectivity index (χ1v) is 5.73. The number of carbonyl (C=O) groups is 2. The molecule has 5 atom stereocenters. The summed E-state index contributed by atoms with van der Waals surface area (Å²) in [4.78, 5) is 22.1. The molecule has 1 saturated heterocycles. The maximum atomic E-state index is 14.0. The van der Waals surface area contributed by atoms with Gasteiger partial charge in [-0.1, -0.05) is 0 Å². The SMILES string of the molecule is CO[C@H]1O[C@H](CF)[C@@H](F)[C@H](OC(C)=O)[C@H]1NC(C)=O. The zero-order chi connectivity index (χ0) is 14.6. The molecule has 1 N–H and O–H groups in total. The van der Waals surface area contributed by atoms with Gasteiger partial charge in [0.25, 0.3) is 0 Å². The number of hydrogen-bond acceptors (Lipinski definition) is 5. The summed E-state index contributed by atoms with van der Waals surface area (Å²) in [5.74, 6) is -1.21. The molecule has 0 bridgehead atoms. The first kappa shape index (κ1) is 15.8. The Morgan fingerprint density at radius 1 is 1.37 bits per heavy atom. The van der Waals surface area contributed by atoms with Crippen molar-refractivity contribution in [1.82, 2.24) is 5.32 Å². The first-order valence-electron chi connectivity index (χ1n) is 5.73. The van der Waals surface area contributed by atoms with Crippen molar-refractivity contribution in [3.8, 4) is 0 Å². The molecule has 1 amide bonds. The molecule has 6 nitrogen and oxygen atoms in total. The summed E-state index contributed by atoms with van der Waals surface area (Å²) in [6.45, 7) is 1.22. The Kier molecular flexibility index (Phi) is 5.61. The van der Waals surface area contributed by atoms with Crippen LogP contribution in [0.15, 0.2) is 0 Å². The summed E-state index contributed by atoms with van der Waals surface area (Å²) >= 11 is 0. The average Bonchev–Trinajstić information content (AvgIpc) is 2.33. The molecule has 1 rings (SSSR count). The molecule has 1 fully saturated rings. The van der Waals surface area contributed by atoms with E-state index in [1.165, 1.54) is 14.0 Å². The molecule has 0 aliphatic carbocycles. The summed E-state index contributed by atoms with van der Waals surface area (Å²) in [6.07, 6.45) is -5.75. The molecule has 0 aromatic rings. The van der Waals surface area contributed by atoms with Crippen molar-refractivity contribution in [3.63, 3.8) is 0 Å². The van der Waals surface area contributed by atoms with E-state index in [2.05, 4.69) is 5.32 Å². The highest BCUT2D eigenvalue weighted by Crippen LogP contribution is 2.27. The van der Waals surface area contributed by atoms with Gasteiger partial charge < -0.3 is 19.5 Å². The fraction of sp³-hybridized carbons (Fsp3) is 0.818. The second kappa shape index (κ2) is 6.76. The average molecular weight is 281 g/mol. The third-order valence-electron chi connectivity index (χ3n) is 2.68. The second-order valence-electron chi connectivity index (χ2n) is 4.18. The monoisotopic (exact) mass is 281 g/mol. The number of alkyl halides is 2. The molecule has 1 aliphatic rings. The minimum absolute atomic E-state index is 0.473. The zero-order valence-corrected chi connectivity index (χ0v) is 10.9. The number of nitrogens with one attached hydrogen (secondary N) is 1. The van der Waals surface area contributed by atoms with E-state index < -0.39 is 49.3 Å². The number of methoxy groups -OCH3 is 1. The summed E-state index contributed by atoms with van der Waals surface area (Å²) in [7, 11) is 1.26. The molecule has 0 aromatic carbocycles. The lowest BCUT2D eigenvalue weighted by Gasteiger charge is -2.41. The summed E-state index contributed by atoms with van der Waals surface area (Å²) < 4.78 is 41.5. The largest absolute Gasteiger partial charge is 0.457 e. The van der Waals surface area contributed by atoms with Crippen LogP contribution in [0, 0.1) is 0 Å². The van der Waals surface area contributed by atoms with Crippen molar-refractivity contribution < 1.29 is 32.6 Å². The second-order valence-corrected chi connectivity index (χ2v) is 4.18. The Hall–Kier alpha value is -1.28. The Bertz CT molecular complexity index is 341. The minimum atomic E-state index is -1.89. The van der Waals surface area contributed by atoms with Gasteiger partial charge in [0.15, 0.2) is 18.6 Å². The molecule has 0 spiro atoms. The van der Waals surface area contributed by atoms with Gasteiger partial charge in [0.1, 0.15) is 18.8 Å². The Balaban J connectivity index is 2.96. The number of hydrogen-bond donors (Lipinski definition) is 1. The Labute approximate surface area is 109 Å². The molecule has 1 heterocycles. The third-order valence-corrected chi connectivity index (χ3v) is 2.68. The van der Waals surface area contributed by atoms with Crippen LogP contribution in [0.5, 0.6) is 0 Å². The van der Waals surface area contributed by atoms with E-state index in [1.54, 1.807) is 0 Å². The van der Waals surface area contributed by atoms with Crippen LogP contribution in [0.3, 0.4) is 0 Å². The highest BCUT2D eigenvalue weighted by atomic mass is 19.1. The van der Waals surface area contributed by atoms with Crippen molar-refractivity contribution in [3.05, 3.63) is 0 Å². The summed E-state index contributed by atoms with van der Waals surface area (Å²) in [5, 5.41) is 2.38. The molecule has 0 radical (unpaired) electrons. The van der Waals surface area contributed by atoms with Crippen LogP contribution >= 0.6 is 0 Å². The minimum Gasteiger partial charge on any atom is -0.457 e. The smallest absolute Gasteiger partial charge is 0.303 e. The zero-order valence-electron chi connectivity index (χ0n) is 10.9. The number of carbonyl (C=O) groups excluding carboxylic acids is 2. The summed E-state index contributed by atoms with van der Waals surface area (Å²) in [6, 6.07) is -1.04. The number of halogens is 2. The van der Waals surface area contributed by atoms with E-state index >= 15 is 0 Å². The molecule has 8 heteroatoms. The molecule has 19 heavy (non-hydrogen) atoms. The predicted octanol–water partition coefficient (Wildman–Crippen LogP) is 0.102. The van der Waals surface area contributed by atoms with Crippen LogP contribution < -0.4 is 5.32 Å². The lowest BCUT2D eigenvalue weighted by Crippen LogP contribution is -2.64. The van der Waals surface area contributed by atoms with Crippen molar-refractivity contribution in [2.24, 2.45) is 0 Å². The predicted molar refractivity (Wildman–Crippen MR) is 59.7 cm³/mol. The summed E-state index contributed by atoms with van der Waals surface area (Å²) in [5.41, 5.74) is 0. The fourth-order valence-electron chi connectivity index (χ4n) is 1.93. The molecule has 0 unspecified atom stereocenters. The van der Waals surface area contributed by atoms with Gasteiger partial charge in [-0.15, -0.1) is 0 Å². The normalized spacial score (nSPS) is 34.7. The van der Waals surface area contributed by atoms with Gasteiger partial charge in [-0.05, 0) is 0 Å². The van der Waals surface area contributed by atoms with Crippen molar-refractivity contribution >= 4 is 11.9 Å². The standard InChI is InChI=1S/C11H17F2NO5/c1-5(15)14-9-10(18-6(2)16)8(13)7(4-12)19-11(9)17-3/h7-11H,4H2,1-3H3,(H,14,15)/t7-,8-,9-,10+,11+/m1/s1. The van der Waals surface area contributed by atoms with Gasteiger partial charge in [-0.25, -0.2) is 8.78 Å². The third kappa shape index (κ3) is 3.84. The number of ether oxygens (including phenoxy) is 3. The first-order chi connectivity index (χ1) is 8.90. The molecule has 110 valence electrons. The molecular formula is C11H17F2NO5. The molecule has 0 aromatic heterocycles. The van der Waals surface area contributed by atoms with Crippen molar-refractivity contribution in [1.29, 1.82) is 0 Å². The number of amides is 1. The fourth-order valence-corrected chi connectivity index (χ4v) is 1.93. The van der Waals surface area contributed by atoms with Crippen molar-refractivity contribution in [2.45, 2.75) is 44.6 Å². The van der Waals surface area contributed by atoms with E-state index in [1.807, 2.05) is 0 Å². The lowest BCUT2D eigenvalue weighted by molar-refractivity contribution is -0.251. The van der Waals surface area contributed by atoms with Crippen molar-refractivity contribution in [2.75, 3.05) is 13.8 Å². The molecule has 1 aliphatic heterocycles. The Morgan fingerprint density at radius 2 is 2.00 bits per heavy atom. The van der Waals surface area contributed by atoms with E-state index in [0.29, 0.717) is 0 Å². The molecular weight excluding hydrogens is 264 g/mol. The maximum Gasteiger partial charge on any atom is 0.303 e. The lowest BCUT2D eigenvalue weighted by atomic mass is 9.98. The topological polar surface area (TPSA) is 73.9 Å². The van der Waals surface area contributed by atoms with Crippen LogP contribution in [0.25, 0.3) is 0 Å². The highest BCUT2D eigenvalue weighted by molar-refractivity contribution is 5.73. The van der Waals surface area contributed by atoms with Crippen LogP contribution in [0.2, 0.25) is 0 Å². The quantitative estimate of drug-likeness (QED) is 0.740. The maximum absolute atomic E-state index is 14.0. The molecule has 0 saturated carbocycles. The van der Waals surface area contributed by atoms with E-state index in [-0.39, 0.29) is 0 Å². The van der Waals surface area contributed by atoms with Crippen LogP contribution in [0.4, 0.5) is 8.78 Å². The van der Waals surface area contributed by atoms with Gasteiger partial charge in [0.2, 0.25) is 5.91 Å².